The highest BCUT2D eigenvalue weighted by Crippen LogP contribution is 2.27. The number of rotatable bonds is 3. The summed E-state index contributed by atoms with van der Waals surface area (Å²) < 4.78 is 26.1. The third-order valence-electron chi connectivity index (χ3n) is 2.51. The Hall–Kier alpha value is -1.22. The van der Waals surface area contributed by atoms with Gasteiger partial charge in [-0.2, -0.15) is 0 Å². The van der Waals surface area contributed by atoms with E-state index in [1.807, 2.05) is 12.1 Å². The summed E-state index contributed by atoms with van der Waals surface area (Å²) in [6.45, 7) is 0. The minimum Gasteiger partial charge on any atom is -0.207 e. The molecule has 0 fully saturated rings. The van der Waals surface area contributed by atoms with E-state index in [0.717, 1.165) is 11.1 Å². The molecule has 0 radical (unpaired) electrons. The van der Waals surface area contributed by atoms with Crippen molar-refractivity contribution in [1.82, 2.24) is 0 Å². The zero-order chi connectivity index (χ0) is 12.3. The SMILES string of the molecule is Fc1cccc(CC(Br)c2cccc(F)c2)c1. The first-order chi connectivity index (χ1) is 8.15. The van der Waals surface area contributed by atoms with Gasteiger partial charge in [0.1, 0.15) is 11.6 Å². The van der Waals surface area contributed by atoms with E-state index in [9.17, 15) is 8.78 Å². The predicted octanol–water partition coefficient (Wildman–Crippen LogP) is 4.64. The largest absolute Gasteiger partial charge is 0.207 e. The van der Waals surface area contributed by atoms with E-state index in [0.29, 0.717) is 6.42 Å². The molecule has 1 atom stereocenters. The van der Waals surface area contributed by atoms with Gasteiger partial charge < -0.3 is 0 Å². The summed E-state index contributed by atoms with van der Waals surface area (Å²) in [6.07, 6.45) is 0.626. The standard InChI is InChI=1S/C14H11BrF2/c15-14(11-4-2-6-13(17)9-11)8-10-3-1-5-12(16)7-10/h1-7,9,14H,8H2. The summed E-state index contributed by atoms with van der Waals surface area (Å²) in [5.41, 5.74) is 1.74. The molecule has 0 amide bonds. The Morgan fingerprint density at radius 2 is 1.59 bits per heavy atom. The highest BCUT2D eigenvalue weighted by molar-refractivity contribution is 9.09. The van der Waals surface area contributed by atoms with Crippen molar-refractivity contribution in [3.63, 3.8) is 0 Å². The Morgan fingerprint density at radius 1 is 0.941 bits per heavy atom. The lowest BCUT2D eigenvalue weighted by atomic mass is 10.0. The Balaban J connectivity index is 2.14. The lowest BCUT2D eigenvalue weighted by Crippen LogP contribution is -1.96. The molecule has 2 aromatic rings. The summed E-state index contributed by atoms with van der Waals surface area (Å²) >= 11 is 3.49. The molecule has 0 spiro atoms. The number of hydrogen-bond acceptors (Lipinski definition) is 0. The molecule has 0 nitrogen and oxygen atoms in total. The first-order valence-electron chi connectivity index (χ1n) is 5.29. The minimum atomic E-state index is -0.258. The maximum absolute atomic E-state index is 13.0. The van der Waals surface area contributed by atoms with Crippen molar-refractivity contribution in [1.29, 1.82) is 0 Å². The third kappa shape index (κ3) is 3.37. The van der Waals surface area contributed by atoms with Crippen molar-refractivity contribution >= 4 is 15.9 Å². The normalized spacial score (nSPS) is 12.4. The molecule has 1 unspecified atom stereocenters. The smallest absolute Gasteiger partial charge is 0.123 e. The van der Waals surface area contributed by atoms with Gasteiger partial charge in [-0.05, 0) is 41.8 Å². The second-order valence-corrected chi connectivity index (χ2v) is 4.96. The van der Waals surface area contributed by atoms with Gasteiger partial charge in [0.15, 0.2) is 0 Å². The molecule has 0 N–H and O–H groups in total. The molecular formula is C14H11BrF2. The molecule has 0 saturated heterocycles. The average molecular weight is 297 g/mol. The van der Waals surface area contributed by atoms with E-state index in [2.05, 4.69) is 15.9 Å². The summed E-state index contributed by atoms with van der Waals surface area (Å²) in [5.74, 6) is -0.507. The molecule has 88 valence electrons. The van der Waals surface area contributed by atoms with Crippen LogP contribution in [0.15, 0.2) is 48.5 Å². The lowest BCUT2D eigenvalue weighted by Gasteiger charge is -2.10. The monoisotopic (exact) mass is 296 g/mol. The van der Waals surface area contributed by atoms with Gasteiger partial charge in [-0.15, -0.1) is 0 Å². The first-order valence-corrected chi connectivity index (χ1v) is 6.21. The molecule has 0 aromatic heterocycles. The average Bonchev–Trinajstić information content (AvgIpc) is 2.29. The van der Waals surface area contributed by atoms with Crippen molar-refractivity contribution in [2.75, 3.05) is 0 Å². The van der Waals surface area contributed by atoms with Gasteiger partial charge in [-0.25, -0.2) is 8.78 Å². The number of benzene rings is 2. The van der Waals surface area contributed by atoms with E-state index in [4.69, 9.17) is 0 Å². The van der Waals surface area contributed by atoms with Crippen LogP contribution in [0.3, 0.4) is 0 Å². The molecule has 0 aliphatic heterocycles. The molecule has 0 saturated carbocycles. The second-order valence-electron chi connectivity index (χ2n) is 3.86. The minimum absolute atomic E-state index is 0.0139. The molecule has 2 rings (SSSR count). The fourth-order valence-electron chi connectivity index (χ4n) is 1.69. The van der Waals surface area contributed by atoms with Crippen molar-refractivity contribution in [3.05, 3.63) is 71.3 Å². The number of alkyl halides is 1. The molecule has 0 aliphatic carbocycles. The fraction of sp³-hybridized carbons (Fsp3) is 0.143. The van der Waals surface area contributed by atoms with Gasteiger partial charge in [0.25, 0.3) is 0 Å². The maximum Gasteiger partial charge on any atom is 0.123 e. The van der Waals surface area contributed by atoms with Crippen LogP contribution < -0.4 is 0 Å². The van der Waals surface area contributed by atoms with E-state index < -0.39 is 0 Å². The molecule has 0 bridgehead atoms. The Bertz CT molecular complexity index is 511. The highest BCUT2D eigenvalue weighted by atomic mass is 79.9. The van der Waals surface area contributed by atoms with Gasteiger partial charge in [-0.1, -0.05) is 40.2 Å². The lowest BCUT2D eigenvalue weighted by molar-refractivity contribution is 0.622. The predicted molar refractivity (Wildman–Crippen MR) is 68.2 cm³/mol. The van der Waals surface area contributed by atoms with Crippen LogP contribution in [0.5, 0.6) is 0 Å². The van der Waals surface area contributed by atoms with Crippen molar-refractivity contribution in [2.24, 2.45) is 0 Å². The van der Waals surface area contributed by atoms with Crippen molar-refractivity contribution in [2.45, 2.75) is 11.2 Å². The van der Waals surface area contributed by atoms with Crippen molar-refractivity contribution in [3.8, 4) is 0 Å². The van der Waals surface area contributed by atoms with E-state index in [-0.39, 0.29) is 16.5 Å². The van der Waals surface area contributed by atoms with Crippen LogP contribution in [-0.2, 0) is 6.42 Å². The van der Waals surface area contributed by atoms with Gasteiger partial charge in [-0.3, -0.25) is 0 Å². The maximum atomic E-state index is 13.0. The fourth-order valence-corrected chi connectivity index (χ4v) is 2.35. The first kappa shape index (κ1) is 12.2. The van der Waals surface area contributed by atoms with E-state index in [1.54, 1.807) is 12.1 Å². The van der Waals surface area contributed by atoms with Gasteiger partial charge >= 0.3 is 0 Å². The summed E-state index contributed by atoms with van der Waals surface area (Å²) in [6, 6.07) is 12.9. The van der Waals surface area contributed by atoms with Crippen LogP contribution in [-0.4, -0.2) is 0 Å². The number of hydrogen-bond donors (Lipinski definition) is 0. The Kier molecular flexibility index (Phi) is 3.89. The molecule has 0 aliphatic rings. The van der Waals surface area contributed by atoms with Crippen LogP contribution in [0.25, 0.3) is 0 Å². The highest BCUT2D eigenvalue weighted by Gasteiger charge is 2.09. The van der Waals surface area contributed by atoms with Crippen LogP contribution in [0.2, 0.25) is 0 Å². The summed E-state index contributed by atoms with van der Waals surface area (Å²) in [7, 11) is 0. The van der Waals surface area contributed by atoms with Gasteiger partial charge in [0.2, 0.25) is 0 Å². The zero-order valence-corrected chi connectivity index (χ0v) is 10.6. The second kappa shape index (κ2) is 5.41. The molecule has 3 heteroatoms. The van der Waals surface area contributed by atoms with Gasteiger partial charge in [0.05, 0.1) is 0 Å². The van der Waals surface area contributed by atoms with Crippen LogP contribution in [0.4, 0.5) is 8.78 Å². The summed E-state index contributed by atoms with van der Waals surface area (Å²) in [5, 5.41) is 0. The van der Waals surface area contributed by atoms with Crippen molar-refractivity contribution < 1.29 is 8.78 Å². The van der Waals surface area contributed by atoms with E-state index in [1.165, 1.54) is 24.3 Å². The molecular weight excluding hydrogens is 286 g/mol. The quantitative estimate of drug-likeness (QED) is 0.724. The Labute approximate surface area is 107 Å². The van der Waals surface area contributed by atoms with Gasteiger partial charge in [0, 0.05) is 4.83 Å². The van der Waals surface area contributed by atoms with Crippen LogP contribution >= 0.6 is 15.9 Å². The van der Waals surface area contributed by atoms with Crippen LogP contribution in [0.1, 0.15) is 16.0 Å². The molecule has 17 heavy (non-hydrogen) atoms. The third-order valence-corrected chi connectivity index (χ3v) is 3.37. The zero-order valence-electron chi connectivity index (χ0n) is 9.04. The van der Waals surface area contributed by atoms with E-state index >= 15 is 0 Å². The molecule has 0 heterocycles. The molecule has 2 aromatic carbocycles. The van der Waals surface area contributed by atoms with Crippen LogP contribution in [0, 0.1) is 11.6 Å². The Morgan fingerprint density at radius 3 is 2.24 bits per heavy atom. The number of halogens is 3. The topological polar surface area (TPSA) is 0 Å². The summed E-state index contributed by atoms with van der Waals surface area (Å²) in [4.78, 5) is -0.0139.